The summed E-state index contributed by atoms with van der Waals surface area (Å²) >= 11 is 0. The monoisotopic (exact) mass is 255 g/mol. The molecule has 0 radical (unpaired) electrons. The molecule has 0 unspecified atom stereocenters. The van der Waals surface area contributed by atoms with Gasteiger partial charge in [0.2, 0.25) is 11.8 Å². The molecule has 3 rings (SSSR count). The van der Waals surface area contributed by atoms with E-state index in [1.807, 2.05) is 42.5 Å². The Morgan fingerprint density at radius 1 is 0.947 bits per heavy atom. The van der Waals surface area contributed by atoms with E-state index in [0.29, 0.717) is 24.9 Å². The first kappa shape index (κ1) is 11.7. The van der Waals surface area contributed by atoms with E-state index in [1.54, 1.807) is 6.26 Å². The molecule has 0 fully saturated rings. The van der Waals surface area contributed by atoms with E-state index >= 15 is 0 Å². The number of nitrogens with zero attached hydrogens (tertiary/aromatic N) is 2. The molecular weight excluding hydrogens is 242 g/mol. The Kier molecular flexibility index (Phi) is 3.38. The molecule has 0 bridgehead atoms. The zero-order chi connectivity index (χ0) is 12.9. The van der Waals surface area contributed by atoms with Crippen molar-refractivity contribution in [2.75, 3.05) is 0 Å². The molecule has 2 aromatic heterocycles. The van der Waals surface area contributed by atoms with Gasteiger partial charge in [-0.3, -0.25) is 0 Å². The third kappa shape index (κ3) is 2.89. The van der Waals surface area contributed by atoms with E-state index in [9.17, 15) is 0 Å². The van der Waals surface area contributed by atoms with Crippen LogP contribution in [0.3, 0.4) is 0 Å². The molecule has 1 aromatic carbocycles. The molecule has 1 N–H and O–H groups in total. The highest BCUT2D eigenvalue weighted by atomic mass is 16.4. The Morgan fingerprint density at radius 2 is 1.84 bits per heavy atom. The van der Waals surface area contributed by atoms with Gasteiger partial charge in [-0.2, -0.15) is 0 Å². The van der Waals surface area contributed by atoms with Crippen LogP contribution in [0.2, 0.25) is 0 Å². The molecule has 3 aromatic rings. The van der Waals surface area contributed by atoms with Gasteiger partial charge in [-0.15, -0.1) is 10.2 Å². The van der Waals surface area contributed by atoms with Crippen LogP contribution in [-0.2, 0) is 13.1 Å². The smallest absolute Gasteiger partial charge is 0.247 e. The molecular formula is C14H13N3O2. The summed E-state index contributed by atoms with van der Waals surface area (Å²) in [5.41, 5.74) is 0.923. The fraction of sp³-hybridized carbons (Fsp3) is 0.143. The lowest BCUT2D eigenvalue weighted by molar-refractivity contribution is 0.447. The van der Waals surface area contributed by atoms with Crippen molar-refractivity contribution in [1.29, 1.82) is 0 Å². The standard InChI is InChI=1S/C14H13N3O2/c1-2-5-11(6-3-1)14-17-16-13(19-14)10-15-9-12-7-4-8-18-12/h1-8,15H,9-10H2. The van der Waals surface area contributed by atoms with Crippen LogP contribution in [0.4, 0.5) is 0 Å². The summed E-state index contributed by atoms with van der Waals surface area (Å²) in [6, 6.07) is 13.5. The van der Waals surface area contributed by atoms with Gasteiger partial charge in [0.1, 0.15) is 5.76 Å². The van der Waals surface area contributed by atoms with Crippen molar-refractivity contribution >= 4 is 0 Å². The minimum absolute atomic E-state index is 0.514. The molecule has 0 aliphatic carbocycles. The summed E-state index contributed by atoms with van der Waals surface area (Å²) < 4.78 is 10.8. The second-order valence-corrected chi connectivity index (χ2v) is 4.05. The van der Waals surface area contributed by atoms with E-state index in [0.717, 1.165) is 11.3 Å². The normalized spacial score (nSPS) is 10.7. The largest absolute Gasteiger partial charge is 0.468 e. The molecule has 0 saturated carbocycles. The quantitative estimate of drug-likeness (QED) is 0.759. The fourth-order valence-corrected chi connectivity index (χ4v) is 1.73. The van der Waals surface area contributed by atoms with Crippen molar-refractivity contribution in [3.8, 4) is 11.5 Å². The van der Waals surface area contributed by atoms with E-state index in [1.165, 1.54) is 0 Å². The summed E-state index contributed by atoms with van der Waals surface area (Å²) in [6.45, 7) is 1.15. The van der Waals surface area contributed by atoms with Crippen LogP contribution >= 0.6 is 0 Å². The Morgan fingerprint density at radius 3 is 2.63 bits per heavy atom. The number of aromatic nitrogens is 2. The SMILES string of the molecule is c1ccc(-c2nnc(CNCc3ccco3)o2)cc1. The summed E-state index contributed by atoms with van der Waals surface area (Å²) in [5.74, 6) is 1.98. The molecule has 5 heteroatoms. The number of benzene rings is 1. The molecule has 0 saturated heterocycles. The second-order valence-electron chi connectivity index (χ2n) is 4.05. The van der Waals surface area contributed by atoms with E-state index in [-0.39, 0.29) is 0 Å². The maximum atomic E-state index is 5.57. The topological polar surface area (TPSA) is 64.1 Å². The minimum Gasteiger partial charge on any atom is -0.468 e. The molecule has 0 aliphatic heterocycles. The van der Waals surface area contributed by atoms with Crippen molar-refractivity contribution in [1.82, 2.24) is 15.5 Å². The van der Waals surface area contributed by atoms with Crippen LogP contribution in [-0.4, -0.2) is 10.2 Å². The summed E-state index contributed by atoms with van der Waals surface area (Å²) in [7, 11) is 0. The van der Waals surface area contributed by atoms with E-state index < -0.39 is 0 Å². The third-order valence-electron chi connectivity index (χ3n) is 2.64. The first-order chi connectivity index (χ1) is 9.42. The molecule has 19 heavy (non-hydrogen) atoms. The van der Waals surface area contributed by atoms with Gasteiger partial charge in [-0.1, -0.05) is 18.2 Å². The van der Waals surface area contributed by atoms with E-state index in [2.05, 4.69) is 15.5 Å². The van der Waals surface area contributed by atoms with Crippen LogP contribution < -0.4 is 5.32 Å². The number of furan rings is 1. The lowest BCUT2D eigenvalue weighted by atomic mass is 10.2. The molecule has 0 amide bonds. The summed E-state index contributed by atoms with van der Waals surface area (Å²) in [5, 5.41) is 11.2. The van der Waals surface area contributed by atoms with Crippen LogP contribution in [0, 0.1) is 0 Å². The molecule has 2 heterocycles. The minimum atomic E-state index is 0.514. The molecule has 0 spiro atoms. The molecule has 96 valence electrons. The summed E-state index contributed by atoms with van der Waals surface area (Å²) in [4.78, 5) is 0. The van der Waals surface area contributed by atoms with Gasteiger partial charge in [0.15, 0.2) is 0 Å². The van der Waals surface area contributed by atoms with Gasteiger partial charge in [0.25, 0.3) is 0 Å². The number of hydrogen-bond acceptors (Lipinski definition) is 5. The Labute approximate surface area is 110 Å². The maximum absolute atomic E-state index is 5.57. The molecule has 0 atom stereocenters. The Bertz CT molecular complexity index is 617. The first-order valence-electron chi connectivity index (χ1n) is 6.03. The van der Waals surface area contributed by atoms with Crippen LogP contribution in [0.15, 0.2) is 57.6 Å². The molecule has 5 nitrogen and oxygen atoms in total. The van der Waals surface area contributed by atoms with Crippen molar-refractivity contribution in [3.05, 3.63) is 60.4 Å². The van der Waals surface area contributed by atoms with Gasteiger partial charge in [0, 0.05) is 5.56 Å². The zero-order valence-corrected chi connectivity index (χ0v) is 10.2. The number of hydrogen-bond donors (Lipinski definition) is 1. The van der Waals surface area contributed by atoms with Crippen molar-refractivity contribution in [2.24, 2.45) is 0 Å². The van der Waals surface area contributed by atoms with Crippen molar-refractivity contribution in [2.45, 2.75) is 13.1 Å². The van der Waals surface area contributed by atoms with Gasteiger partial charge < -0.3 is 14.2 Å². The lowest BCUT2D eigenvalue weighted by Crippen LogP contribution is -2.12. The Balaban J connectivity index is 1.59. The molecule has 0 aliphatic rings. The zero-order valence-electron chi connectivity index (χ0n) is 10.2. The highest BCUT2D eigenvalue weighted by molar-refractivity contribution is 5.51. The number of nitrogens with one attached hydrogen (secondary N) is 1. The second kappa shape index (κ2) is 5.49. The fourth-order valence-electron chi connectivity index (χ4n) is 1.73. The van der Waals surface area contributed by atoms with E-state index in [4.69, 9.17) is 8.83 Å². The van der Waals surface area contributed by atoms with Crippen LogP contribution in [0.5, 0.6) is 0 Å². The Hall–Kier alpha value is -2.40. The third-order valence-corrected chi connectivity index (χ3v) is 2.64. The van der Waals surface area contributed by atoms with Crippen molar-refractivity contribution < 1.29 is 8.83 Å². The van der Waals surface area contributed by atoms with Gasteiger partial charge in [0.05, 0.1) is 19.4 Å². The van der Waals surface area contributed by atoms with Gasteiger partial charge in [-0.05, 0) is 24.3 Å². The van der Waals surface area contributed by atoms with Gasteiger partial charge >= 0.3 is 0 Å². The first-order valence-corrected chi connectivity index (χ1v) is 6.03. The average Bonchev–Trinajstić information content (AvgIpc) is 3.11. The number of rotatable bonds is 5. The maximum Gasteiger partial charge on any atom is 0.247 e. The van der Waals surface area contributed by atoms with Crippen molar-refractivity contribution in [3.63, 3.8) is 0 Å². The summed E-state index contributed by atoms with van der Waals surface area (Å²) in [6.07, 6.45) is 1.65. The van der Waals surface area contributed by atoms with Gasteiger partial charge in [-0.25, -0.2) is 0 Å². The predicted molar refractivity (Wildman–Crippen MR) is 69.0 cm³/mol. The predicted octanol–water partition coefficient (Wildman–Crippen LogP) is 2.62. The van der Waals surface area contributed by atoms with Crippen LogP contribution in [0.1, 0.15) is 11.7 Å². The van der Waals surface area contributed by atoms with Crippen LogP contribution in [0.25, 0.3) is 11.5 Å². The average molecular weight is 255 g/mol. The highest BCUT2D eigenvalue weighted by Gasteiger charge is 2.07. The lowest BCUT2D eigenvalue weighted by Gasteiger charge is -1.97. The highest BCUT2D eigenvalue weighted by Crippen LogP contribution is 2.16.